The highest BCUT2D eigenvalue weighted by molar-refractivity contribution is 5.66. The number of hydrogen-bond acceptors (Lipinski definition) is 5. The first-order valence-corrected chi connectivity index (χ1v) is 7.42. The number of nitrogens with zero attached hydrogens (tertiary/aromatic N) is 2. The fourth-order valence-electron chi connectivity index (χ4n) is 2.38. The Hall–Kier alpha value is -1.79. The van der Waals surface area contributed by atoms with E-state index in [1.165, 1.54) is 0 Å². The summed E-state index contributed by atoms with van der Waals surface area (Å²) in [4.78, 5) is 18.9. The molecule has 0 radical (unpaired) electrons. The number of aromatic nitrogens is 2. The van der Waals surface area contributed by atoms with Crippen LogP contribution in [0.4, 0.5) is 0 Å². The zero-order chi connectivity index (χ0) is 16.0. The lowest BCUT2D eigenvalue weighted by Crippen LogP contribution is -2.41. The van der Waals surface area contributed by atoms with Crippen LogP contribution in [-0.2, 0) is 14.3 Å². The quantitative estimate of drug-likeness (QED) is 0.814. The Kier molecular flexibility index (Phi) is 5.63. The summed E-state index contributed by atoms with van der Waals surface area (Å²) in [5, 5.41) is 8.62. The molecule has 6 nitrogen and oxygen atoms in total. The lowest BCUT2D eigenvalue weighted by atomic mass is 9.94. The number of rotatable bonds is 6. The van der Waals surface area contributed by atoms with Crippen LogP contribution in [0.2, 0.25) is 0 Å². The average molecular weight is 306 g/mol. The molecule has 6 heteroatoms. The number of allylic oxidation sites excluding steroid dienone is 2. The lowest BCUT2D eigenvalue weighted by molar-refractivity contribution is -0.296. The minimum Gasteiger partial charge on any atom is -0.481 e. The van der Waals surface area contributed by atoms with Crippen molar-refractivity contribution in [2.24, 2.45) is 5.92 Å². The van der Waals surface area contributed by atoms with Crippen LogP contribution in [0.1, 0.15) is 44.9 Å². The fraction of sp³-hybridized carbons (Fsp3) is 0.562. The summed E-state index contributed by atoms with van der Waals surface area (Å²) in [5.74, 6) is -1.30. The van der Waals surface area contributed by atoms with Crippen molar-refractivity contribution in [2.45, 2.75) is 45.0 Å². The maximum absolute atomic E-state index is 10.5. The third kappa shape index (κ3) is 4.89. The molecule has 2 atom stereocenters. The van der Waals surface area contributed by atoms with Crippen molar-refractivity contribution >= 4 is 5.97 Å². The molecule has 22 heavy (non-hydrogen) atoms. The summed E-state index contributed by atoms with van der Waals surface area (Å²) in [5.41, 5.74) is 0.794. The van der Waals surface area contributed by atoms with E-state index < -0.39 is 11.8 Å². The van der Waals surface area contributed by atoms with Crippen molar-refractivity contribution in [1.82, 2.24) is 9.97 Å². The van der Waals surface area contributed by atoms with Crippen molar-refractivity contribution in [3.8, 4) is 0 Å². The second-order valence-electron chi connectivity index (χ2n) is 5.78. The second-order valence-corrected chi connectivity index (χ2v) is 5.78. The molecule has 2 rings (SSSR count). The van der Waals surface area contributed by atoms with Crippen molar-refractivity contribution in [2.75, 3.05) is 6.61 Å². The molecule has 0 bridgehead atoms. The molecular formula is C16H22N2O4. The van der Waals surface area contributed by atoms with Gasteiger partial charge in [-0.1, -0.05) is 12.2 Å². The maximum Gasteiger partial charge on any atom is 0.303 e. The van der Waals surface area contributed by atoms with E-state index in [1.807, 2.05) is 26.0 Å². The molecule has 1 aromatic rings. The van der Waals surface area contributed by atoms with E-state index in [-0.39, 0.29) is 18.4 Å². The second kappa shape index (κ2) is 7.47. The highest BCUT2D eigenvalue weighted by Crippen LogP contribution is 2.37. The van der Waals surface area contributed by atoms with Crippen LogP contribution >= 0.6 is 0 Å². The first-order valence-electron chi connectivity index (χ1n) is 7.42. The smallest absolute Gasteiger partial charge is 0.303 e. The first-order chi connectivity index (χ1) is 10.5. The average Bonchev–Trinajstić information content (AvgIpc) is 2.48. The molecule has 1 fully saturated rings. The van der Waals surface area contributed by atoms with Gasteiger partial charge in [0.25, 0.3) is 0 Å². The van der Waals surface area contributed by atoms with Gasteiger partial charge in [0.05, 0.1) is 18.5 Å². The predicted molar refractivity (Wildman–Crippen MR) is 80.0 cm³/mol. The Morgan fingerprint density at radius 3 is 2.95 bits per heavy atom. The minimum absolute atomic E-state index is 0.130. The highest BCUT2D eigenvalue weighted by Gasteiger charge is 2.37. The zero-order valence-electron chi connectivity index (χ0n) is 12.9. The Balaban J connectivity index is 2.00. The van der Waals surface area contributed by atoms with E-state index in [1.54, 1.807) is 18.6 Å². The molecule has 120 valence electrons. The van der Waals surface area contributed by atoms with Crippen LogP contribution in [0.25, 0.3) is 0 Å². The van der Waals surface area contributed by atoms with Gasteiger partial charge in [-0.25, -0.2) is 0 Å². The largest absolute Gasteiger partial charge is 0.481 e. The molecule has 0 saturated carbocycles. The van der Waals surface area contributed by atoms with E-state index >= 15 is 0 Å². The first kappa shape index (κ1) is 16.6. The fourth-order valence-corrected chi connectivity index (χ4v) is 2.38. The minimum atomic E-state index is -0.784. The van der Waals surface area contributed by atoms with Gasteiger partial charge in [0, 0.05) is 24.7 Å². The van der Waals surface area contributed by atoms with Crippen LogP contribution < -0.4 is 0 Å². The monoisotopic (exact) mass is 306 g/mol. The van der Waals surface area contributed by atoms with Gasteiger partial charge in [-0.05, 0) is 26.7 Å². The number of hydrogen-bond donors (Lipinski definition) is 1. The van der Waals surface area contributed by atoms with E-state index in [2.05, 4.69) is 9.97 Å². The van der Waals surface area contributed by atoms with Crippen molar-refractivity contribution in [3.05, 3.63) is 36.4 Å². The van der Waals surface area contributed by atoms with E-state index in [0.29, 0.717) is 13.0 Å². The van der Waals surface area contributed by atoms with Gasteiger partial charge in [0.1, 0.15) is 6.10 Å². The summed E-state index contributed by atoms with van der Waals surface area (Å²) in [6, 6.07) is 0. The van der Waals surface area contributed by atoms with Crippen molar-refractivity contribution < 1.29 is 19.4 Å². The highest BCUT2D eigenvalue weighted by atomic mass is 16.7. The van der Waals surface area contributed by atoms with Gasteiger partial charge in [-0.3, -0.25) is 14.8 Å². The molecule has 1 aromatic heterocycles. The van der Waals surface area contributed by atoms with Crippen LogP contribution in [0, 0.1) is 5.92 Å². The Bertz CT molecular complexity index is 516. The van der Waals surface area contributed by atoms with Gasteiger partial charge < -0.3 is 14.6 Å². The molecule has 0 aliphatic carbocycles. The molecule has 1 aliphatic rings. The molecular weight excluding hydrogens is 284 g/mol. The third-order valence-corrected chi connectivity index (χ3v) is 3.49. The molecule has 1 N–H and O–H groups in total. The maximum atomic E-state index is 10.5. The van der Waals surface area contributed by atoms with Gasteiger partial charge in [-0.15, -0.1) is 0 Å². The molecule has 1 saturated heterocycles. The topological polar surface area (TPSA) is 81.5 Å². The standard InChI is InChI=1S/C16H22N2O4/c1-16(2)21-11-12(6-4-3-5-7-14(19)20)15(22-16)13-10-17-8-9-18-13/h3-4,8-10,12,15H,5-7,11H2,1-2H3,(H,19,20)/b4-3-/t12-,15+/m1/s1. The van der Waals surface area contributed by atoms with Crippen LogP contribution in [-0.4, -0.2) is 33.4 Å². The molecule has 0 unspecified atom stereocenters. The predicted octanol–water partition coefficient (Wildman–Crippen LogP) is 2.73. The van der Waals surface area contributed by atoms with Gasteiger partial charge in [0.15, 0.2) is 5.79 Å². The normalized spacial score (nSPS) is 24.5. The van der Waals surface area contributed by atoms with E-state index in [4.69, 9.17) is 14.6 Å². The molecule has 0 aromatic carbocycles. The lowest BCUT2D eigenvalue weighted by Gasteiger charge is -2.40. The Morgan fingerprint density at radius 1 is 1.45 bits per heavy atom. The number of carboxylic acid groups (broad SMARTS) is 1. The van der Waals surface area contributed by atoms with Gasteiger partial charge in [-0.2, -0.15) is 0 Å². The van der Waals surface area contributed by atoms with Crippen LogP contribution in [0.5, 0.6) is 0 Å². The van der Waals surface area contributed by atoms with Crippen molar-refractivity contribution in [3.63, 3.8) is 0 Å². The van der Waals surface area contributed by atoms with Crippen molar-refractivity contribution in [1.29, 1.82) is 0 Å². The van der Waals surface area contributed by atoms with Crippen LogP contribution in [0.15, 0.2) is 30.7 Å². The molecule has 1 aliphatic heterocycles. The summed E-state index contributed by atoms with van der Waals surface area (Å²) in [6.45, 7) is 4.34. The van der Waals surface area contributed by atoms with Gasteiger partial charge >= 0.3 is 5.97 Å². The molecule has 0 spiro atoms. The van der Waals surface area contributed by atoms with E-state index in [0.717, 1.165) is 12.1 Å². The zero-order valence-corrected chi connectivity index (χ0v) is 12.9. The Labute approximate surface area is 130 Å². The summed E-state index contributed by atoms with van der Waals surface area (Å²) in [6.07, 6.45) is 10.1. The third-order valence-electron chi connectivity index (χ3n) is 3.49. The number of carboxylic acids is 1. The van der Waals surface area contributed by atoms with E-state index in [9.17, 15) is 4.79 Å². The van der Waals surface area contributed by atoms with Crippen LogP contribution in [0.3, 0.4) is 0 Å². The number of aliphatic carboxylic acids is 1. The summed E-state index contributed by atoms with van der Waals surface area (Å²) >= 11 is 0. The number of carbonyl (C=O) groups is 1. The summed E-state index contributed by atoms with van der Waals surface area (Å²) in [7, 11) is 0. The SMILES string of the molecule is CC1(C)OC[C@@H](C/C=C\CCC(=O)O)[C@@H](c2cnccn2)O1. The van der Waals surface area contributed by atoms with Gasteiger partial charge in [0.2, 0.25) is 0 Å². The summed E-state index contributed by atoms with van der Waals surface area (Å²) < 4.78 is 11.7. The number of ether oxygens (including phenoxy) is 2. The molecule has 0 amide bonds. The molecule has 2 heterocycles. The Morgan fingerprint density at radius 2 is 2.27 bits per heavy atom.